The minimum Gasteiger partial charge on any atom is -0.305 e. The highest BCUT2D eigenvalue weighted by molar-refractivity contribution is 8.14. The first-order valence-electron chi connectivity index (χ1n) is 5.90. The Morgan fingerprint density at radius 2 is 2.11 bits per heavy atom. The van der Waals surface area contributed by atoms with E-state index in [1.54, 1.807) is 11.8 Å². The number of nitrogens with one attached hydrogen (secondary N) is 1. The molecule has 102 valence electrons. The summed E-state index contributed by atoms with van der Waals surface area (Å²) in [6.45, 7) is 1.61. The standard InChI is InChI=1S/C10H17N3O3S2/c1-18(15,16)13-5-2-8(3-6-13)9(14)12-10-11-4-7-17-10/h8H,2-7H2,1H3,(H,11,12,14). The summed E-state index contributed by atoms with van der Waals surface area (Å²) >= 11 is 1.55. The topological polar surface area (TPSA) is 78.8 Å². The van der Waals surface area contributed by atoms with E-state index in [0.29, 0.717) is 31.1 Å². The molecule has 0 bridgehead atoms. The number of carbonyl (C=O) groups excluding carboxylic acids is 1. The molecule has 1 fully saturated rings. The molecule has 0 aromatic heterocycles. The van der Waals surface area contributed by atoms with Crippen LogP contribution < -0.4 is 5.32 Å². The van der Waals surface area contributed by atoms with E-state index in [1.165, 1.54) is 10.6 Å². The Balaban J connectivity index is 1.84. The van der Waals surface area contributed by atoms with Crippen LogP contribution in [0.25, 0.3) is 0 Å². The summed E-state index contributed by atoms with van der Waals surface area (Å²) in [4.78, 5) is 16.1. The Morgan fingerprint density at radius 1 is 1.44 bits per heavy atom. The predicted molar refractivity (Wildman–Crippen MR) is 72.0 cm³/mol. The van der Waals surface area contributed by atoms with E-state index in [9.17, 15) is 13.2 Å². The largest absolute Gasteiger partial charge is 0.305 e. The van der Waals surface area contributed by atoms with Crippen LogP contribution in [0.1, 0.15) is 12.8 Å². The fourth-order valence-corrected chi connectivity index (χ4v) is 3.67. The van der Waals surface area contributed by atoms with Crippen molar-refractivity contribution in [3.8, 4) is 0 Å². The number of amidine groups is 1. The third-order valence-electron chi connectivity index (χ3n) is 3.11. The van der Waals surface area contributed by atoms with Gasteiger partial charge in [-0.1, -0.05) is 11.8 Å². The molecule has 18 heavy (non-hydrogen) atoms. The lowest BCUT2D eigenvalue weighted by Gasteiger charge is -2.29. The molecule has 0 aromatic rings. The number of aliphatic imine (C=N–C) groups is 1. The molecule has 6 nitrogen and oxygen atoms in total. The minimum atomic E-state index is -3.12. The van der Waals surface area contributed by atoms with Crippen LogP contribution in [0.15, 0.2) is 4.99 Å². The molecule has 0 spiro atoms. The summed E-state index contributed by atoms with van der Waals surface area (Å²) in [5.74, 6) is 0.783. The quantitative estimate of drug-likeness (QED) is 0.769. The predicted octanol–water partition coefficient (Wildman–Crippen LogP) is -0.123. The van der Waals surface area contributed by atoms with Gasteiger partial charge in [0.25, 0.3) is 0 Å². The monoisotopic (exact) mass is 291 g/mol. The summed E-state index contributed by atoms with van der Waals surface area (Å²) in [7, 11) is -3.12. The number of amides is 1. The van der Waals surface area contributed by atoms with Gasteiger partial charge in [0.05, 0.1) is 12.8 Å². The van der Waals surface area contributed by atoms with Crippen molar-refractivity contribution in [1.82, 2.24) is 9.62 Å². The molecule has 2 aliphatic heterocycles. The fourth-order valence-electron chi connectivity index (χ4n) is 2.07. The van der Waals surface area contributed by atoms with Crippen molar-refractivity contribution in [1.29, 1.82) is 0 Å². The Labute approximate surface area is 111 Å². The van der Waals surface area contributed by atoms with Gasteiger partial charge >= 0.3 is 0 Å². The molecule has 0 aromatic carbocycles. The molecule has 0 saturated carbocycles. The maximum absolute atomic E-state index is 11.9. The lowest BCUT2D eigenvalue weighted by atomic mass is 9.97. The molecule has 1 saturated heterocycles. The number of sulfonamides is 1. The van der Waals surface area contributed by atoms with Gasteiger partial charge in [-0.15, -0.1) is 0 Å². The van der Waals surface area contributed by atoms with Crippen LogP contribution in [0.4, 0.5) is 0 Å². The number of thioether (sulfide) groups is 1. The summed E-state index contributed by atoms with van der Waals surface area (Å²) in [6.07, 6.45) is 2.37. The first kappa shape index (κ1) is 13.8. The molecule has 0 unspecified atom stereocenters. The zero-order valence-corrected chi connectivity index (χ0v) is 11.9. The normalized spacial score (nSPS) is 22.8. The molecule has 1 amide bonds. The number of piperidine rings is 1. The zero-order chi connectivity index (χ0) is 13.2. The van der Waals surface area contributed by atoms with Crippen LogP contribution in [0.5, 0.6) is 0 Å². The lowest BCUT2D eigenvalue weighted by molar-refractivity contribution is -0.124. The number of hydrogen-bond acceptors (Lipinski definition) is 5. The maximum Gasteiger partial charge on any atom is 0.229 e. The number of carbonyl (C=O) groups is 1. The van der Waals surface area contributed by atoms with E-state index >= 15 is 0 Å². The van der Waals surface area contributed by atoms with Crippen LogP contribution in [-0.4, -0.2) is 55.4 Å². The molecule has 2 rings (SSSR count). The van der Waals surface area contributed by atoms with Gasteiger partial charge in [-0.2, -0.15) is 0 Å². The third-order valence-corrected chi connectivity index (χ3v) is 5.30. The van der Waals surface area contributed by atoms with Gasteiger partial charge in [0.15, 0.2) is 5.17 Å². The summed E-state index contributed by atoms with van der Waals surface area (Å²) < 4.78 is 24.1. The van der Waals surface area contributed by atoms with Gasteiger partial charge in [-0.05, 0) is 12.8 Å². The van der Waals surface area contributed by atoms with Gasteiger partial charge in [-0.25, -0.2) is 12.7 Å². The molecule has 2 aliphatic rings. The van der Waals surface area contributed by atoms with Gasteiger partial charge < -0.3 is 5.32 Å². The molecule has 1 N–H and O–H groups in total. The lowest BCUT2D eigenvalue weighted by Crippen LogP contribution is -2.43. The third kappa shape index (κ3) is 3.46. The number of hydrogen-bond donors (Lipinski definition) is 1. The highest BCUT2D eigenvalue weighted by Gasteiger charge is 2.29. The van der Waals surface area contributed by atoms with Crippen molar-refractivity contribution in [3.63, 3.8) is 0 Å². The Morgan fingerprint density at radius 3 is 2.61 bits per heavy atom. The van der Waals surface area contributed by atoms with Crippen LogP contribution in [0.2, 0.25) is 0 Å². The van der Waals surface area contributed by atoms with Crippen molar-refractivity contribution in [3.05, 3.63) is 0 Å². The molecular weight excluding hydrogens is 274 g/mol. The van der Waals surface area contributed by atoms with E-state index < -0.39 is 10.0 Å². The second kappa shape index (κ2) is 5.58. The molecule has 8 heteroatoms. The highest BCUT2D eigenvalue weighted by Crippen LogP contribution is 2.20. The Kier molecular flexibility index (Phi) is 4.29. The summed E-state index contributed by atoms with van der Waals surface area (Å²) in [6, 6.07) is 0. The van der Waals surface area contributed by atoms with Gasteiger partial charge in [0.2, 0.25) is 15.9 Å². The van der Waals surface area contributed by atoms with Crippen molar-refractivity contribution in [2.75, 3.05) is 31.6 Å². The van der Waals surface area contributed by atoms with Gasteiger partial charge in [-0.3, -0.25) is 9.79 Å². The van der Waals surface area contributed by atoms with Crippen LogP contribution >= 0.6 is 11.8 Å². The van der Waals surface area contributed by atoms with Crippen LogP contribution in [-0.2, 0) is 14.8 Å². The van der Waals surface area contributed by atoms with Crippen molar-refractivity contribution in [2.24, 2.45) is 10.9 Å². The average Bonchev–Trinajstić information content (AvgIpc) is 2.81. The summed E-state index contributed by atoms with van der Waals surface area (Å²) in [5.41, 5.74) is 0. The fraction of sp³-hybridized carbons (Fsp3) is 0.800. The average molecular weight is 291 g/mol. The number of nitrogens with zero attached hydrogens (tertiary/aromatic N) is 2. The van der Waals surface area contributed by atoms with Gasteiger partial charge in [0, 0.05) is 24.8 Å². The van der Waals surface area contributed by atoms with Crippen molar-refractivity contribution >= 4 is 32.9 Å². The van der Waals surface area contributed by atoms with Crippen molar-refractivity contribution < 1.29 is 13.2 Å². The van der Waals surface area contributed by atoms with Crippen LogP contribution in [0, 0.1) is 5.92 Å². The first-order chi connectivity index (χ1) is 8.47. The van der Waals surface area contributed by atoms with E-state index in [4.69, 9.17) is 0 Å². The summed E-state index contributed by atoms with van der Waals surface area (Å²) in [5, 5.41) is 3.51. The smallest absolute Gasteiger partial charge is 0.229 e. The van der Waals surface area contributed by atoms with E-state index in [2.05, 4.69) is 10.3 Å². The van der Waals surface area contributed by atoms with E-state index in [1.807, 2.05) is 0 Å². The highest BCUT2D eigenvalue weighted by atomic mass is 32.2. The Bertz CT molecular complexity index is 453. The number of rotatable bonds is 2. The molecule has 0 aliphatic carbocycles. The maximum atomic E-state index is 11.9. The first-order valence-corrected chi connectivity index (χ1v) is 8.73. The molecule has 0 atom stereocenters. The Hall–Kier alpha value is -0.600. The zero-order valence-electron chi connectivity index (χ0n) is 10.3. The van der Waals surface area contributed by atoms with E-state index in [0.717, 1.165) is 12.3 Å². The minimum absolute atomic E-state index is 0.0312. The second-order valence-electron chi connectivity index (χ2n) is 4.46. The van der Waals surface area contributed by atoms with Crippen LogP contribution in [0.3, 0.4) is 0 Å². The molecular formula is C10H17N3O3S2. The molecule has 2 heterocycles. The second-order valence-corrected chi connectivity index (χ2v) is 7.53. The van der Waals surface area contributed by atoms with Crippen molar-refractivity contribution in [2.45, 2.75) is 12.8 Å². The SMILES string of the molecule is CS(=O)(=O)N1CCC(C(=O)NC2=NCCS2)CC1. The van der Waals surface area contributed by atoms with E-state index in [-0.39, 0.29) is 11.8 Å². The molecule has 0 radical (unpaired) electrons. The van der Waals surface area contributed by atoms with Gasteiger partial charge in [0.1, 0.15) is 0 Å².